The summed E-state index contributed by atoms with van der Waals surface area (Å²) in [5.41, 5.74) is -0.286. The van der Waals surface area contributed by atoms with Gasteiger partial charge in [0.05, 0.1) is 11.3 Å². The third-order valence-corrected chi connectivity index (χ3v) is 5.59. The molecule has 1 aromatic carbocycles. The number of rotatable bonds is 4. The van der Waals surface area contributed by atoms with Crippen molar-refractivity contribution in [1.82, 2.24) is 0 Å². The fourth-order valence-corrected chi connectivity index (χ4v) is 3.97. The lowest BCUT2D eigenvalue weighted by molar-refractivity contribution is 0.0696. The molecule has 0 aliphatic rings. The number of aromatic carboxylic acids is 1. The molecular formula is C12H9FO4S2. The van der Waals surface area contributed by atoms with Crippen molar-refractivity contribution in [3.05, 3.63) is 52.7 Å². The van der Waals surface area contributed by atoms with Crippen LogP contribution in [0.1, 0.15) is 15.9 Å². The molecule has 0 unspecified atom stereocenters. The van der Waals surface area contributed by atoms with Gasteiger partial charge in [-0.25, -0.2) is 17.6 Å². The van der Waals surface area contributed by atoms with Crippen molar-refractivity contribution >= 4 is 27.1 Å². The van der Waals surface area contributed by atoms with Crippen LogP contribution in [0.2, 0.25) is 0 Å². The van der Waals surface area contributed by atoms with Crippen LogP contribution in [0.15, 0.2) is 39.9 Å². The zero-order valence-corrected chi connectivity index (χ0v) is 11.2. The van der Waals surface area contributed by atoms with Gasteiger partial charge in [-0.3, -0.25) is 0 Å². The molecule has 0 aliphatic heterocycles. The number of benzene rings is 1. The summed E-state index contributed by atoms with van der Waals surface area (Å²) in [6.07, 6.45) is 0. The summed E-state index contributed by atoms with van der Waals surface area (Å²) in [7, 11) is -3.65. The Bertz CT molecular complexity index is 705. The van der Waals surface area contributed by atoms with E-state index in [9.17, 15) is 17.6 Å². The van der Waals surface area contributed by atoms with Crippen LogP contribution in [0, 0.1) is 5.82 Å². The minimum atomic E-state index is -3.65. The molecule has 1 aromatic heterocycles. The van der Waals surface area contributed by atoms with Crippen molar-refractivity contribution in [1.29, 1.82) is 0 Å². The molecule has 1 heterocycles. The van der Waals surface area contributed by atoms with Gasteiger partial charge in [0.15, 0.2) is 9.84 Å². The Morgan fingerprint density at radius 2 is 2.05 bits per heavy atom. The summed E-state index contributed by atoms with van der Waals surface area (Å²) in [5.74, 6) is -2.51. The van der Waals surface area contributed by atoms with Crippen LogP contribution in [0.25, 0.3) is 0 Å². The number of carboxylic acid groups (broad SMARTS) is 1. The molecule has 100 valence electrons. The maximum Gasteiger partial charge on any atom is 0.335 e. The SMILES string of the molecule is O=C(O)c1ccc(F)c(CS(=O)(=O)c2cccs2)c1. The molecule has 0 radical (unpaired) electrons. The van der Waals surface area contributed by atoms with E-state index in [0.717, 1.165) is 29.5 Å². The zero-order chi connectivity index (χ0) is 14.0. The summed E-state index contributed by atoms with van der Waals surface area (Å²) in [6, 6.07) is 6.12. The molecule has 0 aliphatic carbocycles. The monoisotopic (exact) mass is 300 g/mol. The summed E-state index contributed by atoms with van der Waals surface area (Å²) in [6.45, 7) is 0. The van der Waals surface area contributed by atoms with Crippen LogP contribution < -0.4 is 0 Å². The molecule has 0 saturated heterocycles. The molecule has 0 amide bonds. The second-order valence-electron chi connectivity index (χ2n) is 3.80. The van der Waals surface area contributed by atoms with Crippen molar-refractivity contribution in [3.63, 3.8) is 0 Å². The fraction of sp³-hybridized carbons (Fsp3) is 0.0833. The molecular weight excluding hydrogens is 291 g/mol. The fourth-order valence-electron chi connectivity index (χ4n) is 1.53. The first-order chi connectivity index (χ1) is 8.90. The van der Waals surface area contributed by atoms with E-state index < -0.39 is 27.4 Å². The predicted octanol–water partition coefficient (Wildman–Crippen LogP) is 2.56. The Kier molecular flexibility index (Phi) is 3.68. The number of hydrogen-bond donors (Lipinski definition) is 1. The van der Waals surface area contributed by atoms with Gasteiger partial charge in [-0.05, 0) is 29.6 Å². The summed E-state index contributed by atoms with van der Waals surface area (Å²) >= 11 is 1.04. The van der Waals surface area contributed by atoms with Gasteiger partial charge < -0.3 is 5.11 Å². The van der Waals surface area contributed by atoms with Gasteiger partial charge in [-0.2, -0.15) is 0 Å². The first kappa shape index (κ1) is 13.7. The summed E-state index contributed by atoms with van der Waals surface area (Å²) in [4.78, 5) is 10.8. The van der Waals surface area contributed by atoms with Gasteiger partial charge in [0, 0.05) is 5.56 Å². The number of hydrogen-bond acceptors (Lipinski definition) is 4. The zero-order valence-electron chi connectivity index (χ0n) is 9.54. The molecule has 0 atom stereocenters. The lowest BCUT2D eigenvalue weighted by atomic mass is 10.1. The van der Waals surface area contributed by atoms with E-state index in [0.29, 0.717) is 0 Å². The molecule has 2 aromatic rings. The van der Waals surface area contributed by atoms with E-state index in [4.69, 9.17) is 5.11 Å². The van der Waals surface area contributed by atoms with Gasteiger partial charge in [-0.1, -0.05) is 6.07 Å². The largest absolute Gasteiger partial charge is 0.478 e. The van der Waals surface area contributed by atoms with Crippen LogP contribution in [0.4, 0.5) is 4.39 Å². The predicted molar refractivity (Wildman–Crippen MR) is 68.6 cm³/mol. The highest BCUT2D eigenvalue weighted by atomic mass is 32.2. The van der Waals surface area contributed by atoms with Crippen LogP contribution in [0.3, 0.4) is 0 Å². The first-order valence-corrected chi connectivity index (χ1v) is 7.71. The second kappa shape index (κ2) is 5.10. The smallest absolute Gasteiger partial charge is 0.335 e. The Labute approximate surface area is 113 Å². The topological polar surface area (TPSA) is 71.4 Å². The highest BCUT2D eigenvalue weighted by Crippen LogP contribution is 2.23. The molecule has 7 heteroatoms. The lowest BCUT2D eigenvalue weighted by Gasteiger charge is -2.05. The van der Waals surface area contributed by atoms with Crippen LogP contribution >= 0.6 is 11.3 Å². The van der Waals surface area contributed by atoms with Crippen molar-refractivity contribution < 1.29 is 22.7 Å². The normalized spacial score (nSPS) is 11.4. The number of halogens is 1. The van der Waals surface area contributed by atoms with Gasteiger partial charge in [0.2, 0.25) is 0 Å². The van der Waals surface area contributed by atoms with E-state index >= 15 is 0 Å². The first-order valence-electron chi connectivity index (χ1n) is 5.18. The van der Waals surface area contributed by atoms with Crippen molar-refractivity contribution in [2.45, 2.75) is 9.96 Å². The van der Waals surface area contributed by atoms with Crippen molar-refractivity contribution in [3.8, 4) is 0 Å². The molecule has 0 fully saturated rings. The van der Waals surface area contributed by atoms with E-state index in [2.05, 4.69) is 0 Å². The molecule has 1 N–H and O–H groups in total. The van der Waals surface area contributed by atoms with Crippen LogP contribution in [0.5, 0.6) is 0 Å². The number of carboxylic acids is 1. The Hall–Kier alpha value is -1.73. The highest BCUT2D eigenvalue weighted by Gasteiger charge is 2.19. The molecule has 0 saturated carbocycles. The molecule has 2 rings (SSSR count). The third-order valence-electron chi connectivity index (χ3n) is 2.44. The Morgan fingerprint density at radius 1 is 1.32 bits per heavy atom. The maximum atomic E-state index is 13.6. The number of thiophene rings is 1. The minimum absolute atomic E-state index is 0.132. The molecule has 4 nitrogen and oxygen atoms in total. The standard InChI is InChI=1S/C12H9FO4S2/c13-10-4-3-8(12(14)15)6-9(10)7-19(16,17)11-2-1-5-18-11/h1-6H,7H2,(H,14,15). The maximum absolute atomic E-state index is 13.6. The summed E-state index contributed by atoms with van der Waals surface area (Å²) in [5, 5.41) is 10.4. The average Bonchev–Trinajstić information content (AvgIpc) is 2.85. The Morgan fingerprint density at radius 3 is 2.63 bits per heavy atom. The third kappa shape index (κ3) is 2.99. The second-order valence-corrected chi connectivity index (χ2v) is 6.97. The van der Waals surface area contributed by atoms with Crippen molar-refractivity contribution in [2.75, 3.05) is 0 Å². The van der Waals surface area contributed by atoms with Gasteiger partial charge >= 0.3 is 5.97 Å². The van der Waals surface area contributed by atoms with E-state index in [1.165, 1.54) is 6.07 Å². The van der Waals surface area contributed by atoms with E-state index in [-0.39, 0.29) is 15.3 Å². The molecule has 19 heavy (non-hydrogen) atoms. The minimum Gasteiger partial charge on any atom is -0.478 e. The van der Waals surface area contributed by atoms with E-state index in [1.807, 2.05) is 0 Å². The molecule has 0 spiro atoms. The highest BCUT2D eigenvalue weighted by molar-refractivity contribution is 7.92. The van der Waals surface area contributed by atoms with Gasteiger partial charge in [0.1, 0.15) is 10.0 Å². The number of sulfone groups is 1. The van der Waals surface area contributed by atoms with Gasteiger partial charge in [-0.15, -0.1) is 11.3 Å². The Balaban J connectivity index is 2.39. The van der Waals surface area contributed by atoms with Gasteiger partial charge in [0.25, 0.3) is 0 Å². The average molecular weight is 300 g/mol. The van der Waals surface area contributed by atoms with E-state index in [1.54, 1.807) is 11.4 Å². The summed E-state index contributed by atoms with van der Waals surface area (Å²) < 4.78 is 37.7. The van der Waals surface area contributed by atoms with Crippen molar-refractivity contribution in [2.24, 2.45) is 0 Å². The lowest BCUT2D eigenvalue weighted by Crippen LogP contribution is -2.07. The van der Waals surface area contributed by atoms with Crippen LogP contribution in [-0.2, 0) is 15.6 Å². The number of carbonyl (C=O) groups is 1. The quantitative estimate of drug-likeness (QED) is 0.942. The van der Waals surface area contributed by atoms with Crippen LogP contribution in [-0.4, -0.2) is 19.5 Å². The molecule has 0 bridgehead atoms.